The van der Waals surface area contributed by atoms with Crippen LogP contribution in [0.1, 0.15) is 0 Å². The highest BCUT2D eigenvalue weighted by molar-refractivity contribution is 4.85. The third-order valence-corrected chi connectivity index (χ3v) is 1.38. The van der Waals surface area contributed by atoms with Crippen LogP contribution in [0.5, 0.6) is 0 Å². The van der Waals surface area contributed by atoms with Crippen molar-refractivity contribution in [2.24, 2.45) is 0 Å². The molecule has 0 rings (SSSR count). The second-order valence-electron chi connectivity index (χ2n) is 2.58. The van der Waals surface area contributed by atoms with E-state index in [9.17, 15) is 0 Å². The highest BCUT2D eigenvalue weighted by atomic mass is 16.6. The number of hydrogen-bond donors (Lipinski definition) is 0. The Morgan fingerprint density at radius 3 is 1.67 bits per heavy atom. The van der Waals surface area contributed by atoms with Gasteiger partial charge >= 0.3 is 0 Å². The van der Waals surface area contributed by atoms with E-state index >= 15 is 0 Å². The molecule has 0 saturated heterocycles. The molecule has 3 nitrogen and oxygen atoms in total. The number of hydrogen-bond acceptors (Lipinski definition) is 3. The minimum absolute atomic E-state index is 0.212. The van der Waals surface area contributed by atoms with Crippen LogP contribution >= 0.6 is 0 Å². The fourth-order valence-corrected chi connectivity index (χ4v) is 0.809. The molecule has 0 aromatic rings. The molecule has 0 heterocycles. The Bertz CT molecular complexity index is 244. The zero-order valence-electron chi connectivity index (χ0n) is 8.57. The summed E-state index contributed by atoms with van der Waals surface area (Å²) >= 11 is 0. The number of ether oxygens (including phenoxy) is 3. The number of rotatable bonds is 8. The molecule has 0 unspecified atom stereocenters. The Kier molecular flexibility index (Phi) is 9.62. The van der Waals surface area contributed by atoms with Crippen molar-refractivity contribution < 1.29 is 14.2 Å². The first kappa shape index (κ1) is 13.6. The maximum absolute atomic E-state index is 5.26. The molecule has 0 atom stereocenters. The molecular formula is C12H14O3. The highest BCUT2D eigenvalue weighted by Gasteiger charge is 2.08. The molecule has 0 aliphatic carbocycles. The van der Waals surface area contributed by atoms with E-state index in [0.717, 1.165) is 0 Å². The molecule has 0 fully saturated rings. The first-order valence-corrected chi connectivity index (χ1v) is 4.42. The van der Waals surface area contributed by atoms with Gasteiger partial charge in [0, 0.05) is 0 Å². The Morgan fingerprint density at radius 1 is 0.800 bits per heavy atom. The first-order chi connectivity index (χ1) is 7.35. The summed E-state index contributed by atoms with van der Waals surface area (Å²) in [5.41, 5.74) is 0. The molecular weight excluding hydrogens is 192 g/mol. The minimum Gasteiger partial charge on any atom is -0.366 e. The molecule has 15 heavy (non-hydrogen) atoms. The topological polar surface area (TPSA) is 27.7 Å². The highest BCUT2D eigenvalue weighted by Crippen LogP contribution is 1.95. The van der Waals surface area contributed by atoms with Crippen LogP contribution in [0.15, 0.2) is 0 Å². The molecule has 0 N–H and O–H groups in total. The average Bonchev–Trinajstić information content (AvgIpc) is 2.25. The second kappa shape index (κ2) is 10.6. The van der Waals surface area contributed by atoms with Crippen LogP contribution in [-0.4, -0.2) is 39.1 Å². The van der Waals surface area contributed by atoms with E-state index in [2.05, 4.69) is 17.8 Å². The molecule has 0 bridgehead atoms. The second-order valence-corrected chi connectivity index (χ2v) is 2.58. The van der Waals surface area contributed by atoms with E-state index in [4.69, 9.17) is 33.5 Å². The largest absolute Gasteiger partial charge is 0.366 e. The van der Waals surface area contributed by atoms with E-state index in [-0.39, 0.29) is 25.9 Å². The lowest BCUT2D eigenvalue weighted by Crippen LogP contribution is -2.26. The molecule has 0 radical (unpaired) electrons. The van der Waals surface area contributed by atoms with E-state index in [1.54, 1.807) is 0 Å². The Labute approximate surface area is 91.1 Å². The third-order valence-electron chi connectivity index (χ3n) is 1.38. The van der Waals surface area contributed by atoms with E-state index < -0.39 is 0 Å². The lowest BCUT2D eigenvalue weighted by Gasteiger charge is -2.15. The van der Waals surface area contributed by atoms with Gasteiger partial charge in [-0.05, 0) is 0 Å². The van der Waals surface area contributed by atoms with Gasteiger partial charge in [0.1, 0.15) is 25.9 Å². The van der Waals surface area contributed by atoms with Crippen LogP contribution in [0.3, 0.4) is 0 Å². The molecule has 3 heteroatoms. The first-order valence-electron chi connectivity index (χ1n) is 4.42. The van der Waals surface area contributed by atoms with Crippen molar-refractivity contribution in [1.29, 1.82) is 0 Å². The molecule has 0 aliphatic heterocycles. The summed E-state index contributed by atoms with van der Waals surface area (Å²) in [4.78, 5) is 0. The Balaban J connectivity index is 3.70. The fourth-order valence-electron chi connectivity index (χ4n) is 0.809. The van der Waals surface area contributed by atoms with Crippen molar-refractivity contribution in [2.45, 2.75) is 6.10 Å². The van der Waals surface area contributed by atoms with Crippen LogP contribution in [-0.2, 0) is 14.2 Å². The van der Waals surface area contributed by atoms with E-state index in [0.29, 0.717) is 13.2 Å². The summed E-state index contributed by atoms with van der Waals surface area (Å²) in [7, 11) is 0. The van der Waals surface area contributed by atoms with Crippen molar-refractivity contribution in [3.05, 3.63) is 0 Å². The van der Waals surface area contributed by atoms with Crippen LogP contribution in [0.25, 0.3) is 0 Å². The van der Waals surface area contributed by atoms with E-state index in [1.807, 2.05) is 0 Å². The summed E-state index contributed by atoms with van der Waals surface area (Å²) in [5, 5.41) is 0. The molecule has 0 aromatic carbocycles. The number of terminal acetylenes is 3. The Morgan fingerprint density at radius 2 is 1.27 bits per heavy atom. The van der Waals surface area contributed by atoms with Crippen LogP contribution in [0, 0.1) is 37.0 Å². The fraction of sp³-hybridized carbons (Fsp3) is 0.500. The lowest BCUT2D eigenvalue weighted by molar-refractivity contribution is -0.0397. The predicted molar refractivity (Wildman–Crippen MR) is 57.9 cm³/mol. The summed E-state index contributed by atoms with van der Waals surface area (Å²) in [6.07, 6.45) is 14.9. The minimum atomic E-state index is -0.234. The summed E-state index contributed by atoms with van der Waals surface area (Å²) < 4.78 is 15.5. The van der Waals surface area contributed by atoms with Gasteiger partial charge in [0.25, 0.3) is 0 Å². The van der Waals surface area contributed by atoms with Crippen molar-refractivity contribution >= 4 is 0 Å². The molecule has 0 aromatic heterocycles. The van der Waals surface area contributed by atoms with Crippen LogP contribution < -0.4 is 0 Å². The van der Waals surface area contributed by atoms with Gasteiger partial charge < -0.3 is 14.2 Å². The zero-order valence-corrected chi connectivity index (χ0v) is 8.57. The van der Waals surface area contributed by atoms with Gasteiger partial charge in [0.15, 0.2) is 0 Å². The van der Waals surface area contributed by atoms with Crippen molar-refractivity contribution in [1.82, 2.24) is 0 Å². The molecule has 0 spiro atoms. The monoisotopic (exact) mass is 206 g/mol. The maximum Gasteiger partial charge on any atom is 0.108 e. The van der Waals surface area contributed by atoms with E-state index in [1.165, 1.54) is 0 Å². The van der Waals surface area contributed by atoms with Gasteiger partial charge in [-0.15, -0.1) is 19.3 Å². The van der Waals surface area contributed by atoms with Gasteiger partial charge in [0.2, 0.25) is 0 Å². The predicted octanol–water partition coefficient (Wildman–Crippen LogP) is 0.304. The summed E-state index contributed by atoms with van der Waals surface area (Å²) in [5.74, 6) is 7.08. The molecule has 0 amide bonds. The van der Waals surface area contributed by atoms with Crippen LogP contribution in [0.2, 0.25) is 0 Å². The summed E-state index contributed by atoms with van der Waals surface area (Å²) in [6.45, 7) is 1.38. The van der Waals surface area contributed by atoms with Crippen molar-refractivity contribution in [3.63, 3.8) is 0 Å². The van der Waals surface area contributed by atoms with Crippen molar-refractivity contribution in [3.8, 4) is 37.0 Å². The molecule has 0 saturated carbocycles. The molecule has 80 valence electrons. The summed E-state index contributed by atoms with van der Waals surface area (Å²) in [6, 6.07) is 0. The zero-order chi connectivity index (χ0) is 11.4. The lowest BCUT2D eigenvalue weighted by atomic mass is 10.4. The average molecular weight is 206 g/mol. The van der Waals surface area contributed by atoms with Gasteiger partial charge in [-0.3, -0.25) is 0 Å². The SMILES string of the molecule is C#CCOCC(COCC#C)OCC#C. The van der Waals surface area contributed by atoms with Gasteiger partial charge in [-0.1, -0.05) is 17.8 Å². The quantitative estimate of drug-likeness (QED) is 0.422. The maximum atomic E-state index is 5.26. The van der Waals surface area contributed by atoms with Crippen LogP contribution in [0.4, 0.5) is 0 Å². The van der Waals surface area contributed by atoms with Crippen molar-refractivity contribution in [2.75, 3.05) is 33.0 Å². The standard InChI is InChI=1S/C12H14O3/c1-4-7-13-10-12(15-9-6-3)11-14-8-5-2/h1-3,12H,7-11H2. The third kappa shape index (κ3) is 8.88. The smallest absolute Gasteiger partial charge is 0.108 e. The van der Waals surface area contributed by atoms with Gasteiger partial charge in [-0.25, -0.2) is 0 Å². The van der Waals surface area contributed by atoms with Gasteiger partial charge in [0.05, 0.1) is 13.2 Å². The Hall–Kier alpha value is -1.44. The molecule has 0 aliphatic rings. The van der Waals surface area contributed by atoms with Gasteiger partial charge in [-0.2, -0.15) is 0 Å². The normalized spacial score (nSPS) is 9.20.